The van der Waals surface area contributed by atoms with Crippen molar-refractivity contribution >= 4 is 11.7 Å². The van der Waals surface area contributed by atoms with Crippen LogP contribution in [0.15, 0.2) is 36.4 Å². The van der Waals surface area contributed by atoms with Crippen LogP contribution in [0.25, 0.3) is 0 Å². The van der Waals surface area contributed by atoms with E-state index >= 15 is 0 Å². The van der Waals surface area contributed by atoms with E-state index in [-0.39, 0.29) is 17.0 Å². The predicted molar refractivity (Wildman–Crippen MR) is 64.2 cm³/mol. The highest BCUT2D eigenvalue weighted by Gasteiger charge is 2.14. The summed E-state index contributed by atoms with van der Waals surface area (Å²) < 4.78 is 31.5. The van der Waals surface area contributed by atoms with Crippen LogP contribution in [0.5, 0.6) is 11.5 Å². The Morgan fingerprint density at radius 1 is 1.11 bits per heavy atom. The molecule has 0 heterocycles. The maximum Gasteiger partial charge on any atom is 0.339 e. The number of benzene rings is 2. The Labute approximate surface area is 107 Å². The fourth-order valence-electron chi connectivity index (χ4n) is 1.48. The lowest BCUT2D eigenvalue weighted by molar-refractivity contribution is 0.0694. The van der Waals surface area contributed by atoms with Crippen molar-refractivity contribution in [1.82, 2.24) is 0 Å². The van der Waals surface area contributed by atoms with E-state index in [0.29, 0.717) is 0 Å². The third kappa shape index (κ3) is 2.79. The number of carboxylic acids is 1. The molecule has 19 heavy (non-hydrogen) atoms. The van der Waals surface area contributed by atoms with Crippen LogP contribution >= 0.6 is 0 Å². The number of hydrogen-bond donors (Lipinski definition) is 2. The lowest BCUT2D eigenvalue weighted by Gasteiger charge is -2.10. The maximum atomic E-state index is 13.4. The number of nitrogen functional groups attached to an aromatic ring is 1. The standard InChI is InChI=1S/C13H9F2NO3/c14-7-1-3-10(15)12(5-7)19-11-4-2-8(16)6-9(11)13(17)18/h1-6H,16H2,(H,17,18). The Hall–Kier alpha value is -2.63. The summed E-state index contributed by atoms with van der Waals surface area (Å²) in [6, 6.07) is 6.51. The number of aromatic carboxylic acids is 1. The van der Waals surface area contributed by atoms with E-state index in [1.54, 1.807) is 0 Å². The average molecular weight is 265 g/mol. The van der Waals surface area contributed by atoms with Gasteiger partial charge in [0, 0.05) is 11.8 Å². The molecule has 0 aliphatic rings. The van der Waals surface area contributed by atoms with E-state index in [1.165, 1.54) is 18.2 Å². The van der Waals surface area contributed by atoms with Crippen LogP contribution in [0, 0.1) is 11.6 Å². The van der Waals surface area contributed by atoms with E-state index in [0.717, 1.165) is 18.2 Å². The molecular weight excluding hydrogens is 256 g/mol. The van der Waals surface area contributed by atoms with Gasteiger partial charge in [0.1, 0.15) is 17.1 Å². The minimum absolute atomic E-state index is 0.119. The second kappa shape index (κ2) is 4.93. The molecule has 2 aromatic rings. The quantitative estimate of drug-likeness (QED) is 0.836. The molecule has 0 spiro atoms. The fourth-order valence-corrected chi connectivity index (χ4v) is 1.48. The van der Waals surface area contributed by atoms with Gasteiger partial charge >= 0.3 is 5.97 Å². The average Bonchev–Trinajstić information content (AvgIpc) is 2.35. The van der Waals surface area contributed by atoms with E-state index in [9.17, 15) is 13.6 Å². The zero-order chi connectivity index (χ0) is 14.0. The second-order valence-electron chi connectivity index (χ2n) is 3.74. The smallest absolute Gasteiger partial charge is 0.339 e. The van der Waals surface area contributed by atoms with Crippen LogP contribution in [-0.2, 0) is 0 Å². The largest absolute Gasteiger partial charge is 0.478 e. The minimum atomic E-state index is -1.28. The Kier molecular flexibility index (Phi) is 3.33. The molecule has 0 fully saturated rings. The van der Waals surface area contributed by atoms with Gasteiger partial charge in [0.15, 0.2) is 11.6 Å². The van der Waals surface area contributed by atoms with Gasteiger partial charge in [-0.2, -0.15) is 0 Å². The minimum Gasteiger partial charge on any atom is -0.478 e. The van der Waals surface area contributed by atoms with Crippen molar-refractivity contribution in [2.45, 2.75) is 0 Å². The molecule has 0 aromatic heterocycles. The number of anilines is 1. The molecule has 0 aliphatic carbocycles. The first-order valence-electron chi connectivity index (χ1n) is 5.23. The summed E-state index contributed by atoms with van der Waals surface area (Å²) in [5.74, 6) is -3.28. The second-order valence-corrected chi connectivity index (χ2v) is 3.74. The van der Waals surface area contributed by atoms with E-state index in [2.05, 4.69) is 0 Å². The zero-order valence-electron chi connectivity index (χ0n) is 9.56. The van der Waals surface area contributed by atoms with Gasteiger partial charge in [0.25, 0.3) is 0 Å². The van der Waals surface area contributed by atoms with Crippen LogP contribution in [0.2, 0.25) is 0 Å². The van der Waals surface area contributed by atoms with Gasteiger partial charge in [-0.15, -0.1) is 0 Å². The van der Waals surface area contributed by atoms with Crippen molar-refractivity contribution in [2.75, 3.05) is 5.73 Å². The molecule has 4 nitrogen and oxygen atoms in total. The number of hydrogen-bond acceptors (Lipinski definition) is 3. The number of halogens is 2. The van der Waals surface area contributed by atoms with Gasteiger partial charge in [0.2, 0.25) is 0 Å². The molecule has 0 aliphatic heterocycles. The molecule has 0 amide bonds. The molecule has 2 aromatic carbocycles. The molecule has 6 heteroatoms. The summed E-state index contributed by atoms with van der Waals surface area (Å²) in [6.07, 6.45) is 0. The Morgan fingerprint density at radius 3 is 2.53 bits per heavy atom. The van der Waals surface area contributed by atoms with Gasteiger partial charge in [-0.3, -0.25) is 0 Å². The normalized spacial score (nSPS) is 10.2. The van der Waals surface area contributed by atoms with Crippen molar-refractivity contribution < 1.29 is 23.4 Å². The van der Waals surface area contributed by atoms with Crippen molar-refractivity contribution in [1.29, 1.82) is 0 Å². The van der Waals surface area contributed by atoms with Crippen LogP contribution in [0.3, 0.4) is 0 Å². The van der Waals surface area contributed by atoms with Crippen LogP contribution < -0.4 is 10.5 Å². The van der Waals surface area contributed by atoms with Gasteiger partial charge in [-0.1, -0.05) is 0 Å². The fraction of sp³-hybridized carbons (Fsp3) is 0. The molecule has 0 radical (unpaired) electrons. The monoisotopic (exact) mass is 265 g/mol. The number of carbonyl (C=O) groups is 1. The molecule has 0 atom stereocenters. The SMILES string of the molecule is Nc1ccc(Oc2cc(F)ccc2F)c(C(=O)O)c1. The maximum absolute atomic E-state index is 13.4. The summed E-state index contributed by atoms with van der Waals surface area (Å²) in [4.78, 5) is 11.0. The summed E-state index contributed by atoms with van der Waals surface area (Å²) in [7, 11) is 0. The van der Waals surface area contributed by atoms with E-state index < -0.39 is 23.4 Å². The number of carboxylic acid groups (broad SMARTS) is 1. The Morgan fingerprint density at radius 2 is 1.84 bits per heavy atom. The number of nitrogens with two attached hydrogens (primary N) is 1. The summed E-state index contributed by atoms with van der Waals surface area (Å²) in [5.41, 5.74) is 5.45. The van der Waals surface area contributed by atoms with Crippen molar-refractivity contribution in [3.8, 4) is 11.5 Å². The van der Waals surface area contributed by atoms with Crippen molar-refractivity contribution in [3.63, 3.8) is 0 Å². The molecule has 0 unspecified atom stereocenters. The van der Waals surface area contributed by atoms with E-state index in [4.69, 9.17) is 15.6 Å². The first-order valence-corrected chi connectivity index (χ1v) is 5.23. The van der Waals surface area contributed by atoms with Crippen LogP contribution in [-0.4, -0.2) is 11.1 Å². The third-order valence-corrected chi connectivity index (χ3v) is 2.35. The first-order chi connectivity index (χ1) is 8.97. The summed E-state index contributed by atoms with van der Waals surface area (Å²) >= 11 is 0. The first kappa shape index (κ1) is 12.8. The number of ether oxygens (including phenoxy) is 1. The molecule has 98 valence electrons. The molecular formula is C13H9F2NO3. The lowest BCUT2D eigenvalue weighted by Crippen LogP contribution is -2.02. The predicted octanol–water partition coefficient (Wildman–Crippen LogP) is 3.04. The highest BCUT2D eigenvalue weighted by Crippen LogP contribution is 2.29. The molecule has 0 saturated heterocycles. The van der Waals surface area contributed by atoms with Crippen LogP contribution in [0.1, 0.15) is 10.4 Å². The topological polar surface area (TPSA) is 72.5 Å². The zero-order valence-corrected chi connectivity index (χ0v) is 9.56. The molecule has 2 rings (SSSR count). The van der Waals surface area contributed by atoms with Crippen molar-refractivity contribution in [2.24, 2.45) is 0 Å². The van der Waals surface area contributed by atoms with Gasteiger partial charge in [0.05, 0.1) is 0 Å². The molecule has 0 bridgehead atoms. The van der Waals surface area contributed by atoms with Crippen LogP contribution in [0.4, 0.5) is 14.5 Å². The van der Waals surface area contributed by atoms with Crippen molar-refractivity contribution in [3.05, 3.63) is 53.6 Å². The Balaban J connectivity index is 2.43. The highest BCUT2D eigenvalue weighted by atomic mass is 19.1. The van der Waals surface area contributed by atoms with E-state index in [1.807, 2.05) is 0 Å². The van der Waals surface area contributed by atoms with Gasteiger partial charge in [-0.25, -0.2) is 13.6 Å². The molecule has 0 saturated carbocycles. The highest BCUT2D eigenvalue weighted by molar-refractivity contribution is 5.92. The summed E-state index contributed by atoms with van der Waals surface area (Å²) in [6.45, 7) is 0. The number of rotatable bonds is 3. The van der Waals surface area contributed by atoms with Gasteiger partial charge < -0.3 is 15.6 Å². The Bertz CT molecular complexity index is 644. The molecule has 3 N–H and O–H groups in total. The third-order valence-electron chi connectivity index (χ3n) is 2.35. The van der Waals surface area contributed by atoms with Gasteiger partial charge in [-0.05, 0) is 30.3 Å². The summed E-state index contributed by atoms with van der Waals surface area (Å²) in [5, 5.41) is 8.99. The lowest BCUT2D eigenvalue weighted by atomic mass is 10.2.